The Balaban J connectivity index is 1.54. The molecule has 26 heavy (non-hydrogen) atoms. The number of hydrogen-bond acceptors (Lipinski definition) is 2. The molecule has 0 saturated carbocycles. The van der Waals surface area contributed by atoms with Crippen LogP contribution in [0.2, 0.25) is 5.02 Å². The minimum absolute atomic E-state index is 0.0335. The van der Waals surface area contributed by atoms with Crippen LogP contribution in [0.4, 0.5) is 0 Å². The van der Waals surface area contributed by atoms with Crippen LogP contribution in [0.3, 0.4) is 0 Å². The van der Waals surface area contributed by atoms with Gasteiger partial charge in [0.25, 0.3) is 5.91 Å². The SMILES string of the molecule is CC(C)(Oc1ccc(Cl)cc1)C(=O)N1CC[NH+](Cc2ccccc2)CC1. The topological polar surface area (TPSA) is 34.0 Å². The van der Waals surface area contributed by atoms with Crippen LogP contribution in [0.25, 0.3) is 0 Å². The molecule has 0 atom stereocenters. The Hall–Kier alpha value is -2.04. The van der Waals surface area contributed by atoms with Crippen molar-refractivity contribution in [2.24, 2.45) is 0 Å². The highest BCUT2D eigenvalue weighted by molar-refractivity contribution is 6.30. The van der Waals surface area contributed by atoms with Gasteiger partial charge in [0.15, 0.2) is 5.60 Å². The normalized spacial score (nSPS) is 15.7. The number of amides is 1. The van der Waals surface area contributed by atoms with E-state index in [1.807, 2.05) is 24.8 Å². The number of carbonyl (C=O) groups is 1. The molecule has 1 aliphatic rings. The summed E-state index contributed by atoms with van der Waals surface area (Å²) in [5, 5.41) is 0.652. The second-order valence-electron chi connectivity index (χ2n) is 7.27. The number of hydrogen-bond donors (Lipinski definition) is 1. The molecule has 3 rings (SSSR count). The maximum Gasteiger partial charge on any atom is 0.266 e. The molecule has 4 nitrogen and oxygen atoms in total. The fraction of sp³-hybridized carbons (Fsp3) is 0.381. The summed E-state index contributed by atoms with van der Waals surface area (Å²) in [5.41, 5.74) is 0.443. The average Bonchev–Trinajstić information content (AvgIpc) is 2.64. The first-order chi connectivity index (χ1) is 12.4. The van der Waals surface area contributed by atoms with Crippen molar-refractivity contribution >= 4 is 17.5 Å². The van der Waals surface area contributed by atoms with E-state index in [0.29, 0.717) is 10.8 Å². The molecular formula is C21H26ClN2O2+. The van der Waals surface area contributed by atoms with Crippen molar-refractivity contribution < 1.29 is 14.4 Å². The molecule has 0 radical (unpaired) electrons. The summed E-state index contributed by atoms with van der Waals surface area (Å²) in [6.45, 7) is 8.09. The van der Waals surface area contributed by atoms with Crippen molar-refractivity contribution in [1.29, 1.82) is 0 Å². The summed E-state index contributed by atoms with van der Waals surface area (Å²) in [6.07, 6.45) is 0. The highest BCUT2D eigenvalue weighted by atomic mass is 35.5. The van der Waals surface area contributed by atoms with Crippen LogP contribution in [-0.2, 0) is 11.3 Å². The van der Waals surface area contributed by atoms with Crippen LogP contribution in [-0.4, -0.2) is 42.6 Å². The second-order valence-corrected chi connectivity index (χ2v) is 7.71. The van der Waals surface area contributed by atoms with E-state index in [2.05, 4.69) is 24.3 Å². The van der Waals surface area contributed by atoms with Gasteiger partial charge in [-0.1, -0.05) is 41.9 Å². The molecule has 1 N–H and O–H groups in total. The fourth-order valence-electron chi connectivity index (χ4n) is 3.31. The standard InChI is InChI=1S/C21H25ClN2O2/c1-21(2,26-19-10-8-18(22)9-11-19)20(25)24-14-12-23(13-15-24)16-17-6-4-3-5-7-17/h3-11H,12-16H2,1-2H3/p+1. The predicted molar refractivity (Wildman–Crippen MR) is 104 cm³/mol. The molecule has 1 heterocycles. The molecule has 2 aromatic carbocycles. The lowest BCUT2D eigenvalue weighted by atomic mass is 10.1. The monoisotopic (exact) mass is 373 g/mol. The van der Waals surface area contributed by atoms with E-state index in [4.69, 9.17) is 16.3 Å². The summed E-state index contributed by atoms with van der Waals surface area (Å²) in [6, 6.07) is 17.6. The third-order valence-corrected chi connectivity index (χ3v) is 5.01. The van der Waals surface area contributed by atoms with Crippen molar-refractivity contribution in [1.82, 2.24) is 4.90 Å². The number of ether oxygens (including phenoxy) is 1. The maximum atomic E-state index is 12.9. The van der Waals surface area contributed by atoms with Gasteiger partial charge in [-0.2, -0.15) is 0 Å². The zero-order valence-electron chi connectivity index (χ0n) is 15.4. The number of nitrogens with one attached hydrogen (secondary N) is 1. The van der Waals surface area contributed by atoms with Gasteiger partial charge in [-0.3, -0.25) is 4.79 Å². The van der Waals surface area contributed by atoms with E-state index in [0.717, 1.165) is 32.7 Å². The van der Waals surface area contributed by atoms with Crippen molar-refractivity contribution in [3.8, 4) is 5.75 Å². The van der Waals surface area contributed by atoms with Gasteiger partial charge in [0.05, 0.1) is 26.2 Å². The second kappa shape index (κ2) is 8.11. The smallest absolute Gasteiger partial charge is 0.266 e. The van der Waals surface area contributed by atoms with Gasteiger partial charge in [0.2, 0.25) is 0 Å². The summed E-state index contributed by atoms with van der Waals surface area (Å²) in [7, 11) is 0. The third-order valence-electron chi connectivity index (χ3n) is 4.76. The Morgan fingerprint density at radius 1 is 1.08 bits per heavy atom. The van der Waals surface area contributed by atoms with Gasteiger partial charge in [-0.15, -0.1) is 0 Å². The number of piperazine rings is 1. The number of rotatable bonds is 5. The zero-order chi connectivity index (χ0) is 18.6. The lowest BCUT2D eigenvalue weighted by Crippen LogP contribution is -3.13. The molecule has 0 unspecified atom stereocenters. The molecule has 138 valence electrons. The van der Waals surface area contributed by atoms with Crippen LogP contribution in [0.5, 0.6) is 5.75 Å². The van der Waals surface area contributed by atoms with Crippen LogP contribution in [0.1, 0.15) is 19.4 Å². The molecule has 1 saturated heterocycles. The highest BCUT2D eigenvalue weighted by Gasteiger charge is 2.36. The molecule has 0 aromatic heterocycles. The molecule has 0 aliphatic carbocycles. The molecular weight excluding hydrogens is 348 g/mol. The molecule has 1 aliphatic heterocycles. The quantitative estimate of drug-likeness (QED) is 0.873. The molecule has 1 amide bonds. The summed E-state index contributed by atoms with van der Waals surface area (Å²) < 4.78 is 5.94. The van der Waals surface area contributed by atoms with E-state index >= 15 is 0 Å². The van der Waals surface area contributed by atoms with Gasteiger partial charge < -0.3 is 14.5 Å². The van der Waals surface area contributed by atoms with Crippen molar-refractivity contribution in [3.05, 3.63) is 65.2 Å². The summed E-state index contributed by atoms with van der Waals surface area (Å²) >= 11 is 5.91. The summed E-state index contributed by atoms with van der Waals surface area (Å²) in [5.74, 6) is 0.687. The van der Waals surface area contributed by atoms with Gasteiger partial charge in [0, 0.05) is 10.6 Å². The Bertz CT molecular complexity index is 723. The Morgan fingerprint density at radius 2 is 1.69 bits per heavy atom. The minimum atomic E-state index is -0.898. The lowest BCUT2D eigenvalue weighted by Gasteiger charge is -2.36. The highest BCUT2D eigenvalue weighted by Crippen LogP contribution is 2.22. The molecule has 2 aromatic rings. The van der Waals surface area contributed by atoms with Crippen LogP contribution < -0.4 is 9.64 Å². The Labute approximate surface area is 160 Å². The first-order valence-electron chi connectivity index (χ1n) is 9.05. The van der Waals surface area contributed by atoms with E-state index < -0.39 is 5.60 Å². The lowest BCUT2D eigenvalue weighted by molar-refractivity contribution is -0.917. The maximum absolute atomic E-state index is 12.9. The zero-order valence-corrected chi connectivity index (χ0v) is 16.1. The van der Waals surface area contributed by atoms with Crippen LogP contribution in [0, 0.1) is 0 Å². The largest absolute Gasteiger partial charge is 0.478 e. The van der Waals surface area contributed by atoms with Crippen molar-refractivity contribution in [3.63, 3.8) is 0 Å². The Morgan fingerprint density at radius 3 is 2.31 bits per heavy atom. The number of benzene rings is 2. The number of halogens is 1. The Kier molecular flexibility index (Phi) is 5.84. The first-order valence-corrected chi connectivity index (χ1v) is 9.43. The fourth-order valence-corrected chi connectivity index (χ4v) is 3.44. The minimum Gasteiger partial charge on any atom is -0.478 e. The van der Waals surface area contributed by atoms with E-state index in [9.17, 15) is 4.79 Å². The van der Waals surface area contributed by atoms with E-state index in [1.165, 1.54) is 10.5 Å². The molecule has 1 fully saturated rings. The van der Waals surface area contributed by atoms with Gasteiger partial charge in [-0.05, 0) is 38.1 Å². The van der Waals surface area contributed by atoms with E-state index in [-0.39, 0.29) is 5.91 Å². The predicted octanol–water partition coefficient (Wildman–Crippen LogP) is 2.42. The first kappa shape index (κ1) is 18.7. The van der Waals surface area contributed by atoms with Gasteiger partial charge in [-0.25, -0.2) is 0 Å². The molecule has 5 heteroatoms. The van der Waals surface area contributed by atoms with Gasteiger partial charge in [0.1, 0.15) is 12.3 Å². The van der Waals surface area contributed by atoms with Gasteiger partial charge >= 0.3 is 0 Å². The van der Waals surface area contributed by atoms with E-state index in [1.54, 1.807) is 24.3 Å². The van der Waals surface area contributed by atoms with Crippen molar-refractivity contribution in [2.75, 3.05) is 26.2 Å². The van der Waals surface area contributed by atoms with Crippen LogP contribution >= 0.6 is 11.6 Å². The van der Waals surface area contributed by atoms with Crippen LogP contribution in [0.15, 0.2) is 54.6 Å². The number of carbonyl (C=O) groups excluding carboxylic acids is 1. The average molecular weight is 374 g/mol. The van der Waals surface area contributed by atoms with Crippen molar-refractivity contribution in [2.45, 2.75) is 26.0 Å². The molecule has 0 spiro atoms. The summed E-state index contributed by atoms with van der Waals surface area (Å²) in [4.78, 5) is 16.4. The number of nitrogens with zero attached hydrogens (tertiary/aromatic N) is 1. The third kappa shape index (κ3) is 4.77. The molecule has 0 bridgehead atoms. The number of quaternary nitrogens is 1.